The van der Waals surface area contributed by atoms with Crippen LogP contribution in [0.5, 0.6) is 0 Å². The lowest BCUT2D eigenvalue weighted by atomic mass is 10.2. The summed E-state index contributed by atoms with van der Waals surface area (Å²) < 4.78 is 36.6. The molecule has 0 aliphatic heterocycles. The van der Waals surface area contributed by atoms with E-state index in [0.29, 0.717) is 5.69 Å². The Bertz CT molecular complexity index is 714. The second-order valence-corrected chi connectivity index (χ2v) is 6.08. The highest BCUT2D eigenvalue weighted by Crippen LogP contribution is 2.29. The first-order valence-electron chi connectivity index (χ1n) is 5.49. The van der Waals surface area contributed by atoms with Gasteiger partial charge in [-0.1, -0.05) is 18.2 Å². The molecule has 0 aromatic heterocycles. The van der Waals surface area contributed by atoms with Crippen molar-refractivity contribution in [1.82, 2.24) is 0 Å². The van der Waals surface area contributed by atoms with Gasteiger partial charge in [-0.2, -0.15) is 0 Å². The van der Waals surface area contributed by atoms with Crippen molar-refractivity contribution in [2.45, 2.75) is 4.90 Å². The largest absolute Gasteiger partial charge is 0.396 e. The number of halogens is 1. The van der Waals surface area contributed by atoms with Crippen LogP contribution in [-0.4, -0.2) is 14.7 Å². The first-order chi connectivity index (χ1) is 8.89. The van der Waals surface area contributed by atoms with Crippen LogP contribution >= 0.6 is 0 Å². The number of sulfone groups is 1. The van der Waals surface area contributed by atoms with Crippen LogP contribution in [-0.2, 0) is 9.84 Å². The molecule has 19 heavy (non-hydrogen) atoms. The molecule has 0 bridgehead atoms. The maximum absolute atomic E-state index is 13.5. The standard InChI is InChI=1S/C13H13FN2O2S/c1-19(17,18)12-8-4-7-11(13(12)15)16-10-6-3-2-5-9(10)14/h2-8,16H,15H2,1H3. The predicted octanol–water partition coefficient (Wildman–Crippen LogP) is 2.55. The highest BCUT2D eigenvalue weighted by atomic mass is 32.2. The van der Waals surface area contributed by atoms with Gasteiger partial charge in [0.25, 0.3) is 0 Å². The Morgan fingerprint density at radius 2 is 1.68 bits per heavy atom. The fourth-order valence-electron chi connectivity index (χ4n) is 1.68. The Hall–Kier alpha value is -2.08. The molecule has 0 saturated heterocycles. The molecule has 0 spiro atoms. The molecule has 6 heteroatoms. The van der Waals surface area contributed by atoms with Gasteiger partial charge in [-0.25, -0.2) is 12.8 Å². The monoisotopic (exact) mass is 280 g/mol. The predicted molar refractivity (Wildman–Crippen MR) is 73.6 cm³/mol. The molecule has 0 amide bonds. The number of hydrogen-bond acceptors (Lipinski definition) is 4. The maximum Gasteiger partial charge on any atom is 0.177 e. The number of nitrogens with two attached hydrogens (primary N) is 1. The molecule has 2 aromatic rings. The SMILES string of the molecule is CS(=O)(=O)c1cccc(Nc2ccccc2F)c1N. The summed E-state index contributed by atoms with van der Waals surface area (Å²) in [5.41, 5.74) is 6.47. The van der Waals surface area contributed by atoms with Gasteiger partial charge >= 0.3 is 0 Å². The van der Waals surface area contributed by atoms with Crippen molar-refractivity contribution in [1.29, 1.82) is 0 Å². The van der Waals surface area contributed by atoms with E-state index in [1.807, 2.05) is 0 Å². The molecule has 2 rings (SSSR count). The smallest absolute Gasteiger partial charge is 0.177 e. The fourth-order valence-corrected chi connectivity index (χ4v) is 2.52. The van der Waals surface area contributed by atoms with Crippen molar-refractivity contribution in [3.8, 4) is 0 Å². The van der Waals surface area contributed by atoms with Crippen molar-refractivity contribution >= 4 is 26.9 Å². The van der Waals surface area contributed by atoms with Gasteiger partial charge in [0.05, 0.1) is 22.0 Å². The summed E-state index contributed by atoms with van der Waals surface area (Å²) in [7, 11) is -3.42. The fraction of sp³-hybridized carbons (Fsp3) is 0.0769. The van der Waals surface area contributed by atoms with E-state index in [0.717, 1.165) is 6.26 Å². The molecule has 0 unspecified atom stereocenters. The summed E-state index contributed by atoms with van der Waals surface area (Å²) >= 11 is 0. The summed E-state index contributed by atoms with van der Waals surface area (Å²) in [4.78, 5) is 0.0221. The number of nitrogens with one attached hydrogen (secondary N) is 1. The first kappa shape index (κ1) is 13.4. The van der Waals surface area contributed by atoms with Gasteiger partial charge in [0.15, 0.2) is 9.84 Å². The van der Waals surface area contributed by atoms with E-state index in [-0.39, 0.29) is 16.3 Å². The number of hydrogen-bond donors (Lipinski definition) is 2. The zero-order valence-electron chi connectivity index (χ0n) is 10.2. The van der Waals surface area contributed by atoms with Crippen LogP contribution in [0.4, 0.5) is 21.5 Å². The minimum absolute atomic E-state index is 0.0221. The van der Waals surface area contributed by atoms with Crippen LogP contribution in [0.2, 0.25) is 0 Å². The maximum atomic E-state index is 13.5. The summed E-state index contributed by atoms with van der Waals surface area (Å²) in [6, 6.07) is 10.6. The van der Waals surface area contributed by atoms with Crippen LogP contribution in [0.25, 0.3) is 0 Å². The van der Waals surface area contributed by atoms with Crippen molar-refractivity contribution in [3.63, 3.8) is 0 Å². The normalized spacial score (nSPS) is 11.3. The Kier molecular flexibility index (Phi) is 3.44. The average Bonchev–Trinajstić information content (AvgIpc) is 2.33. The summed E-state index contributed by atoms with van der Waals surface area (Å²) in [6.07, 6.45) is 1.07. The Labute approximate surface area is 111 Å². The van der Waals surface area contributed by atoms with Gasteiger partial charge in [-0.05, 0) is 24.3 Å². The van der Waals surface area contributed by atoms with Crippen LogP contribution in [0.15, 0.2) is 47.4 Å². The topological polar surface area (TPSA) is 72.2 Å². The van der Waals surface area contributed by atoms with Gasteiger partial charge in [-0.15, -0.1) is 0 Å². The van der Waals surface area contributed by atoms with E-state index in [2.05, 4.69) is 5.32 Å². The lowest BCUT2D eigenvalue weighted by Crippen LogP contribution is -2.05. The van der Waals surface area contributed by atoms with Gasteiger partial charge in [-0.3, -0.25) is 0 Å². The minimum atomic E-state index is -3.42. The van der Waals surface area contributed by atoms with E-state index in [1.54, 1.807) is 30.3 Å². The van der Waals surface area contributed by atoms with Gasteiger partial charge in [0, 0.05) is 6.26 Å². The molecule has 2 aromatic carbocycles. The second-order valence-electron chi connectivity index (χ2n) is 4.09. The first-order valence-corrected chi connectivity index (χ1v) is 7.39. The number of anilines is 3. The van der Waals surface area contributed by atoms with Gasteiger partial charge < -0.3 is 11.1 Å². The molecular weight excluding hydrogens is 267 g/mol. The summed E-state index contributed by atoms with van der Waals surface area (Å²) in [5.74, 6) is -0.438. The summed E-state index contributed by atoms with van der Waals surface area (Å²) in [6.45, 7) is 0. The van der Waals surface area contributed by atoms with E-state index in [1.165, 1.54) is 12.1 Å². The van der Waals surface area contributed by atoms with Gasteiger partial charge in [0.1, 0.15) is 5.82 Å². The van der Waals surface area contributed by atoms with Crippen molar-refractivity contribution in [3.05, 3.63) is 48.3 Å². The van der Waals surface area contributed by atoms with Crippen LogP contribution < -0.4 is 11.1 Å². The molecule has 100 valence electrons. The molecule has 0 fully saturated rings. The van der Waals surface area contributed by atoms with E-state index in [9.17, 15) is 12.8 Å². The van der Waals surface area contributed by atoms with Crippen molar-refractivity contribution in [2.24, 2.45) is 0 Å². The zero-order valence-corrected chi connectivity index (χ0v) is 11.0. The van der Waals surface area contributed by atoms with Crippen LogP contribution in [0, 0.1) is 5.82 Å². The molecule has 0 saturated carbocycles. The third kappa shape index (κ3) is 2.85. The molecule has 0 radical (unpaired) electrons. The zero-order chi connectivity index (χ0) is 14.0. The Morgan fingerprint density at radius 3 is 2.32 bits per heavy atom. The number of rotatable bonds is 3. The minimum Gasteiger partial charge on any atom is -0.396 e. The third-order valence-electron chi connectivity index (χ3n) is 2.61. The second kappa shape index (κ2) is 4.89. The van der Waals surface area contributed by atoms with E-state index >= 15 is 0 Å². The quantitative estimate of drug-likeness (QED) is 0.848. The number of benzene rings is 2. The molecule has 4 nitrogen and oxygen atoms in total. The number of nitrogen functional groups attached to an aromatic ring is 1. The Balaban J connectivity index is 2.46. The molecule has 0 aliphatic carbocycles. The molecule has 0 aliphatic rings. The van der Waals surface area contributed by atoms with E-state index in [4.69, 9.17) is 5.73 Å². The van der Waals surface area contributed by atoms with Crippen LogP contribution in [0.3, 0.4) is 0 Å². The lowest BCUT2D eigenvalue weighted by molar-refractivity contribution is 0.602. The Morgan fingerprint density at radius 1 is 1.05 bits per heavy atom. The highest BCUT2D eigenvalue weighted by Gasteiger charge is 2.14. The molecule has 0 heterocycles. The average molecular weight is 280 g/mol. The highest BCUT2D eigenvalue weighted by molar-refractivity contribution is 7.90. The molecule has 0 atom stereocenters. The van der Waals surface area contributed by atoms with Crippen LogP contribution in [0.1, 0.15) is 0 Å². The number of para-hydroxylation sites is 2. The molecular formula is C13H13FN2O2S. The summed E-state index contributed by atoms with van der Waals surface area (Å²) in [5, 5.41) is 2.79. The van der Waals surface area contributed by atoms with Crippen molar-refractivity contribution in [2.75, 3.05) is 17.3 Å². The van der Waals surface area contributed by atoms with Crippen molar-refractivity contribution < 1.29 is 12.8 Å². The van der Waals surface area contributed by atoms with E-state index < -0.39 is 15.7 Å². The lowest BCUT2D eigenvalue weighted by Gasteiger charge is -2.12. The van der Waals surface area contributed by atoms with Gasteiger partial charge in [0.2, 0.25) is 0 Å². The molecule has 3 N–H and O–H groups in total. The third-order valence-corrected chi connectivity index (χ3v) is 3.76.